The molecule has 0 amide bonds. The van der Waals surface area contributed by atoms with E-state index in [2.05, 4.69) is 37.7 Å². The Morgan fingerprint density at radius 3 is 2.64 bits per heavy atom. The third-order valence-corrected chi connectivity index (χ3v) is 6.35. The quantitative estimate of drug-likeness (QED) is 0.623. The number of aromatic nitrogens is 3. The summed E-state index contributed by atoms with van der Waals surface area (Å²) in [5.74, 6) is 1.57. The molecular weight excluding hydrogens is 352 g/mol. The Balaban J connectivity index is 1.56. The number of hydrogen-bond acceptors (Lipinski definition) is 8. The summed E-state index contributed by atoms with van der Waals surface area (Å²) in [6.07, 6.45) is 4.74. The van der Waals surface area contributed by atoms with Gasteiger partial charge in [-0.1, -0.05) is 0 Å². The number of hydrogen-bond donors (Lipinski definition) is 3. The van der Waals surface area contributed by atoms with Gasteiger partial charge in [0.05, 0.1) is 15.9 Å². The summed E-state index contributed by atoms with van der Waals surface area (Å²) < 4.78 is 5.43. The molecule has 0 aliphatic heterocycles. The zero-order valence-corrected chi connectivity index (χ0v) is 16.0. The number of nitrogens with zero attached hydrogens (tertiary/aromatic N) is 3. The van der Waals surface area contributed by atoms with Gasteiger partial charge in [0.1, 0.15) is 10.8 Å². The maximum absolute atomic E-state index is 4.75. The van der Waals surface area contributed by atoms with Gasteiger partial charge < -0.3 is 16.0 Å². The monoisotopic (exact) mass is 374 g/mol. The van der Waals surface area contributed by atoms with E-state index in [0.29, 0.717) is 18.0 Å². The van der Waals surface area contributed by atoms with Crippen molar-refractivity contribution in [2.45, 2.75) is 44.7 Å². The third kappa shape index (κ3) is 3.75. The smallest absolute Gasteiger partial charge is 0.230 e. The average molecular weight is 375 g/mol. The molecule has 0 spiro atoms. The molecule has 6 nitrogen and oxygen atoms in total. The standard InChI is InChI=1S/C17H22N6S2/c1-10-9-14(25-23-10)21-17-20-13-7-8-24-15(13)16(22-17)19-12-5-3-11(18-2)4-6-12/h7-9,11-12,18H,3-6H2,1-2H3,(H2,19,20,21,22). The highest BCUT2D eigenvalue weighted by Gasteiger charge is 2.21. The summed E-state index contributed by atoms with van der Waals surface area (Å²) >= 11 is 3.12. The van der Waals surface area contributed by atoms with E-state index in [1.165, 1.54) is 37.2 Å². The lowest BCUT2D eigenvalue weighted by molar-refractivity contribution is 0.371. The predicted molar refractivity (Wildman–Crippen MR) is 106 cm³/mol. The molecule has 1 aliphatic carbocycles. The fourth-order valence-corrected chi connectivity index (χ4v) is 4.71. The largest absolute Gasteiger partial charge is 0.366 e. The lowest BCUT2D eigenvalue weighted by atomic mass is 9.91. The van der Waals surface area contributed by atoms with Gasteiger partial charge in [0.15, 0.2) is 0 Å². The molecule has 132 valence electrons. The molecule has 1 saturated carbocycles. The van der Waals surface area contributed by atoms with Crippen molar-refractivity contribution in [3.63, 3.8) is 0 Å². The first-order valence-electron chi connectivity index (χ1n) is 8.60. The van der Waals surface area contributed by atoms with E-state index < -0.39 is 0 Å². The van der Waals surface area contributed by atoms with Crippen LogP contribution < -0.4 is 16.0 Å². The molecule has 8 heteroatoms. The minimum Gasteiger partial charge on any atom is -0.366 e. The van der Waals surface area contributed by atoms with Gasteiger partial charge >= 0.3 is 0 Å². The summed E-state index contributed by atoms with van der Waals surface area (Å²) in [7, 11) is 2.05. The van der Waals surface area contributed by atoms with Crippen molar-refractivity contribution in [3.05, 3.63) is 23.2 Å². The Morgan fingerprint density at radius 1 is 1.12 bits per heavy atom. The second-order valence-electron chi connectivity index (χ2n) is 6.47. The van der Waals surface area contributed by atoms with Crippen LogP contribution in [0.2, 0.25) is 0 Å². The van der Waals surface area contributed by atoms with Gasteiger partial charge in [0.25, 0.3) is 0 Å². The third-order valence-electron chi connectivity index (χ3n) is 4.64. The van der Waals surface area contributed by atoms with Crippen molar-refractivity contribution in [1.82, 2.24) is 19.7 Å². The summed E-state index contributed by atoms with van der Waals surface area (Å²) in [4.78, 5) is 9.39. The maximum atomic E-state index is 4.75. The van der Waals surface area contributed by atoms with Crippen LogP contribution in [0.1, 0.15) is 31.4 Å². The predicted octanol–water partition coefficient (Wildman–Crippen LogP) is 4.14. The second kappa shape index (κ2) is 7.23. The van der Waals surface area contributed by atoms with Crippen LogP contribution in [0, 0.1) is 6.92 Å². The molecule has 3 heterocycles. The van der Waals surface area contributed by atoms with Crippen LogP contribution in [0.15, 0.2) is 17.5 Å². The lowest BCUT2D eigenvalue weighted by Gasteiger charge is -2.29. The Kier molecular flexibility index (Phi) is 4.82. The highest BCUT2D eigenvalue weighted by molar-refractivity contribution is 7.17. The first-order valence-corrected chi connectivity index (χ1v) is 10.3. The molecule has 25 heavy (non-hydrogen) atoms. The summed E-state index contributed by atoms with van der Waals surface area (Å²) in [6.45, 7) is 1.99. The number of thiophene rings is 1. The van der Waals surface area contributed by atoms with Gasteiger partial charge in [-0.2, -0.15) is 9.36 Å². The number of anilines is 3. The van der Waals surface area contributed by atoms with Gasteiger partial charge in [0.2, 0.25) is 5.95 Å². The Bertz CT molecular complexity index is 850. The van der Waals surface area contributed by atoms with E-state index in [0.717, 1.165) is 26.7 Å². The minimum atomic E-state index is 0.475. The normalized spacial score (nSPS) is 20.7. The number of rotatable bonds is 5. The first kappa shape index (κ1) is 16.7. The highest BCUT2D eigenvalue weighted by Crippen LogP contribution is 2.31. The lowest BCUT2D eigenvalue weighted by Crippen LogP contribution is -2.35. The molecule has 0 aromatic carbocycles. The van der Waals surface area contributed by atoms with Gasteiger partial charge in [-0.15, -0.1) is 11.3 Å². The van der Waals surface area contributed by atoms with Crippen LogP contribution in [-0.4, -0.2) is 33.5 Å². The van der Waals surface area contributed by atoms with Crippen molar-refractivity contribution in [1.29, 1.82) is 0 Å². The average Bonchev–Trinajstić information content (AvgIpc) is 3.24. The summed E-state index contributed by atoms with van der Waals surface area (Å²) in [6, 6.07) is 5.19. The zero-order valence-electron chi connectivity index (χ0n) is 14.4. The van der Waals surface area contributed by atoms with Gasteiger partial charge in [-0.3, -0.25) is 0 Å². The first-order chi connectivity index (χ1) is 12.2. The summed E-state index contributed by atoms with van der Waals surface area (Å²) in [5, 5.41) is 13.4. The van der Waals surface area contributed by atoms with E-state index in [4.69, 9.17) is 4.98 Å². The number of nitrogens with one attached hydrogen (secondary N) is 3. The molecule has 3 N–H and O–H groups in total. The van der Waals surface area contributed by atoms with Crippen molar-refractivity contribution in [3.8, 4) is 0 Å². The molecular formula is C17H22N6S2. The Labute approximate surface area is 155 Å². The highest BCUT2D eigenvalue weighted by atomic mass is 32.1. The van der Waals surface area contributed by atoms with Gasteiger partial charge in [-0.25, -0.2) is 4.98 Å². The Morgan fingerprint density at radius 2 is 1.92 bits per heavy atom. The van der Waals surface area contributed by atoms with Crippen LogP contribution >= 0.6 is 22.9 Å². The molecule has 3 aromatic heterocycles. The SMILES string of the molecule is CNC1CCC(Nc2nc(Nc3cc(C)ns3)nc3ccsc23)CC1. The van der Waals surface area contributed by atoms with E-state index in [9.17, 15) is 0 Å². The van der Waals surface area contributed by atoms with E-state index >= 15 is 0 Å². The number of aryl methyl sites for hydroxylation is 1. The van der Waals surface area contributed by atoms with E-state index in [-0.39, 0.29) is 0 Å². The van der Waals surface area contributed by atoms with Gasteiger partial charge in [-0.05, 0) is 68.7 Å². The van der Waals surface area contributed by atoms with Crippen molar-refractivity contribution in [2.75, 3.05) is 17.7 Å². The van der Waals surface area contributed by atoms with Crippen LogP contribution in [-0.2, 0) is 0 Å². The molecule has 4 rings (SSSR count). The molecule has 3 aromatic rings. The summed E-state index contributed by atoms with van der Waals surface area (Å²) in [5.41, 5.74) is 1.99. The van der Waals surface area contributed by atoms with E-state index in [1.54, 1.807) is 11.3 Å². The molecule has 1 aliphatic rings. The van der Waals surface area contributed by atoms with E-state index in [1.807, 2.05) is 19.1 Å². The second-order valence-corrected chi connectivity index (χ2v) is 8.19. The van der Waals surface area contributed by atoms with Crippen LogP contribution in [0.3, 0.4) is 0 Å². The van der Waals surface area contributed by atoms with Crippen molar-refractivity contribution >= 4 is 49.9 Å². The van der Waals surface area contributed by atoms with Crippen molar-refractivity contribution < 1.29 is 0 Å². The molecule has 0 saturated heterocycles. The molecule has 0 atom stereocenters. The fraction of sp³-hybridized carbons (Fsp3) is 0.471. The van der Waals surface area contributed by atoms with Crippen LogP contribution in [0.25, 0.3) is 10.2 Å². The minimum absolute atomic E-state index is 0.475. The zero-order chi connectivity index (χ0) is 17.2. The molecule has 0 bridgehead atoms. The maximum Gasteiger partial charge on any atom is 0.230 e. The topological polar surface area (TPSA) is 74.8 Å². The van der Waals surface area contributed by atoms with Gasteiger partial charge in [0, 0.05) is 12.1 Å². The number of fused-ring (bicyclic) bond motifs is 1. The fourth-order valence-electron chi connectivity index (χ4n) is 3.27. The molecule has 0 unspecified atom stereocenters. The van der Waals surface area contributed by atoms with Crippen LogP contribution in [0.5, 0.6) is 0 Å². The van der Waals surface area contributed by atoms with Crippen molar-refractivity contribution in [2.24, 2.45) is 0 Å². The molecule has 0 radical (unpaired) electrons. The Hall–Kier alpha value is -1.77. The van der Waals surface area contributed by atoms with Crippen LogP contribution in [0.4, 0.5) is 16.8 Å². The molecule has 1 fully saturated rings.